The molecule has 0 radical (unpaired) electrons. The maximum absolute atomic E-state index is 14.0. The number of para-hydroxylation sites is 2. The van der Waals surface area contributed by atoms with Crippen LogP contribution in [0.15, 0.2) is 104 Å². The summed E-state index contributed by atoms with van der Waals surface area (Å²) in [5, 5.41) is 7.61. The zero-order valence-corrected chi connectivity index (χ0v) is 25.0. The van der Waals surface area contributed by atoms with Gasteiger partial charge in [-0.05, 0) is 35.2 Å². The van der Waals surface area contributed by atoms with Crippen LogP contribution in [0.5, 0.6) is 0 Å². The molecular weight excluding hydrogens is 582 g/mol. The molecule has 0 bridgehead atoms. The van der Waals surface area contributed by atoms with Gasteiger partial charge in [-0.1, -0.05) is 66.7 Å². The molecule has 3 atom stereocenters. The predicted molar refractivity (Wildman–Crippen MR) is 174 cm³/mol. The third-order valence-corrected chi connectivity index (χ3v) is 7.99. The number of imidazole rings is 1. The lowest BCUT2D eigenvalue weighted by Crippen LogP contribution is -2.56. The second-order valence-electron chi connectivity index (χ2n) is 11.2. The van der Waals surface area contributed by atoms with Crippen molar-refractivity contribution in [2.75, 3.05) is 0 Å². The fourth-order valence-electron chi connectivity index (χ4n) is 5.55. The monoisotopic (exact) mass is 617 g/mol. The Hall–Kier alpha value is -5.68. The van der Waals surface area contributed by atoms with Gasteiger partial charge in [-0.2, -0.15) is 0 Å². The highest BCUT2D eigenvalue weighted by Gasteiger charge is 2.30. The Bertz CT molecular complexity index is 1930. The number of carbonyl (C=O) groups is 3. The van der Waals surface area contributed by atoms with Crippen molar-refractivity contribution in [3.63, 3.8) is 0 Å². The van der Waals surface area contributed by atoms with E-state index >= 15 is 0 Å². The second-order valence-corrected chi connectivity index (χ2v) is 11.2. The Balaban J connectivity index is 1.21. The van der Waals surface area contributed by atoms with Crippen LogP contribution in [-0.4, -0.2) is 55.8 Å². The van der Waals surface area contributed by atoms with E-state index in [-0.39, 0.29) is 25.9 Å². The molecular formula is C35H35N7O4. The van der Waals surface area contributed by atoms with Crippen molar-refractivity contribution < 1.29 is 19.1 Å². The Labute approximate surface area is 265 Å². The van der Waals surface area contributed by atoms with E-state index in [1.54, 1.807) is 6.20 Å². The average molecular weight is 618 g/mol. The molecule has 0 saturated heterocycles. The minimum absolute atomic E-state index is 0.0488. The van der Waals surface area contributed by atoms with Gasteiger partial charge in [0.05, 0.1) is 12.4 Å². The van der Waals surface area contributed by atoms with Gasteiger partial charge < -0.3 is 36.1 Å². The Morgan fingerprint density at radius 1 is 0.717 bits per heavy atom. The number of aromatic amines is 3. The summed E-state index contributed by atoms with van der Waals surface area (Å²) in [5.41, 5.74) is 11.4. The van der Waals surface area contributed by atoms with Crippen LogP contribution < -0.4 is 16.4 Å². The average Bonchev–Trinajstić information content (AvgIpc) is 3.84. The number of nitrogens with one attached hydrogen (secondary N) is 5. The van der Waals surface area contributed by atoms with Crippen molar-refractivity contribution in [1.29, 1.82) is 0 Å². The number of benzene rings is 3. The van der Waals surface area contributed by atoms with Crippen molar-refractivity contribution in [3.8, 4) is 0 Å². The minimum atomic E-state index is -1.04. The number of carbonyl (C=O) groups excluding carboxylic acids is 3. The predicted octanol–water partition coefficient (Wildman–Crippen LogP) is 3.44. The summed E-state index contributed by atoms with van der Waals surface area (Å²) in [6.45, 7) is 0.0488. The lowest BCUT2D eigenvalue weighted by molar-refractivity contribution is -0.149. The molecule has 0 aliphatic rings. The summed E-state index contributed by atoms with van der Waals surface area (Å²) in [4.78, 5) is 54.2. The SMILES string of the molecule is N[C@@H](Cc1c[nH]c2ccccc12)C(=O)N[C@@H](Cc1c[nH]c2ccccc12)C(=O)N[C@@H](Cc1cnc[nH]1)C(=O)OCc1ccccc1. The number of aromatic nitrogens is 4. The standard InChI is InChI=1S/C35H35N7O4/c36-28(14-23-17-38-29-12-6-4-10-26(23)29)33(43)41-31(15-24-18-39-30-13-7-5-11-27(24)30)34(44)42-32(16-25-19-37-21-40-25)35(45)46-20-22-8-2-1-3-9-22/h1-13,17-19,21,28,31-32,38-39H,14-16,20,36H2,(H,37,40)(H,41,43)(H,42,44)/t28-,31-,32-/m0/s1. The number of hydrogen-bond donors (Lipinski definition) is 6. The van der Waals surface area contributed by atoms with Gasteiger partial charge in [0.15, 0.2) is 0 Å². The largest absolute Gasteiger partial charge is 0.459 e. The molecule has 0 aliphatic carbocycles. The van der Waals surface area contributed by atoms with Crippen LogP contribution >= 0.6 is 0 Å². The van der Waals surface area contributed by atoms with Gasteiger partial charge in [-0.25, -0.2) is 9.78 Å². The number of nitrogens with two attached hydrogens (primary N) is 1. The Morgan fingerprint density at radius 3 is 1.98 bits per heavy atom. The van der Waals surface area contributed by atoms with Crippen LogP contribution in [-0.2, 0) is 45.0 Å². The van der Waals surface area contributed by atoms with Gasteiger partial charge in [-0.3, -0.25) is 9.59 Å². The minimum Gasteiger partial charge on any atom is -0.459 e. The zero-order valence-electron chi connectivity index (χ0n) is 25.0. The van der Waals surface area contributed by atoms with Crippen LogP contribution in [0.25, 0.3) is 21.8 Å². The van der Waals surface area contributed by atoms with E-state index in [4.69, 9.17) is 10.5 Å². The molecule has 7 N–H and O–H groups in total. The summed E-state index contributed by atoms with van der Waals surface area (Å²) in [6.07, 6.45) is 7.29. The van der Waals surface area contributed by atoms with Crippen LogP contribution in [0.4, 0.5) is 0 Å². The van der Waals surface area contributed by atoms with Crippen molar-refractivity contribution in [2.45, 2.75) is 44.0 Å². The van der Waals surface area contributed by atoms with E-state index in [0.29, 0.717) is 5.69 Å². The maximum Gasteiger partial charge on any atom is 0.329 e. The van der Waals surface area contributed by atoms with E-state index in [9.17, 15) is 14.4 Å². The van der Waals surface area contributed by atoms with Crippen LogP contribution in [0, 0.1) is 0 Å². The van der Waals surface area contributed by atoms with Crippen molar-refractivity contribution in [1.82, 2.24) is 30.6 Å². The molecule has 3 aromatic heterocycles. The topological polar surface area (TPSA) is 171 Å². The molecule has 11 nitrogen and oxygen atoms in total. The molecule has 0 spiro atoms. The van der Waals surface area contributed by atoms with Gasteiger partial charge in [0.1, 0.15) is 18.7 Å². The van der Waals surface area contributed by atoms with Gasteiger partial charge in [-0.15, -0.1) is 0 Å². The van der Waals surface area contributed by atoms with Gasteiger partial charge in [0, 0.05) is 58.9 Å². The van der Waals surface area contributed by atoms with E-state index < -0.39 is 35.9 Å². The Kier molecular flexibility index (Phi) is 9.21. The molecule has 0 saturated carbocycles. The number of H-pyrrole nitrogens is 3. The molecule has 2 amide bonds. The molecule has 46 heavy (non-hydrogen) atoms. The van der Waals surface area contributed by atoms with Crippen molar-refractivity contribution >= 4 is 39.6 Å². The Morgan fingerprint density at radius 2 is 1.33 bits per heavy atom. The van der Waals surface area contributed by atoms with Crippen LogP contribution in [0.3, 0.4) is 0 Å². The summed E-state index contributed by atoms with van der Waals surface area (Å²) in [7, 11) is 0. The smallest absolute Gasteiger partial charge is 0.329 e. The first-order chi connectivity index (χ1) is 22.4. The zero-order chi connectivity index (χ0) is 31.9. The van der Waals surface area contributed by atoms with Crippen LogP contribution in [0.1, 0.15) is 22.4 Å². The molecule has 0 fully saturated rings. The first kappa shape index (κ1) is 30.4. The molecule has 234 valence electrons. The molecule has 6 rings (SSSR count). The fraction of sp³-hybridized carbons (Fsp3) is 0.200. The molecule has 3 aromatic carbocycles. The van der Waals surface area contributed by atoms with Crippen molar-refractivity contribution in [2.24, 2.45) is 5.73 Å². The normalized spacial score (nSPS) is 13.2. The van der Waals surface area contributed by atoms with Gasteiger partial charge in [0.25, 0.3) is 0 Å². The summed E-state index contributed by atoms with van der Waals surface area (Å²) >= 11 is 0. The number of amides is 2. The van der Waals surface area contributed by atoms with Crippen LogP contribution in [0.2, 0.25) is 0 Å². The van der Waals surface area contributed by atoms with Gasteiger partial charge in [0.2, 0.25) is 11.8 Å². The third-order valence-electron chi connectivity index (χ3n) is 7.99. The fourth-order valence-corrected chi connectivity index (χ4v) is 5.55. The maximum atomic E-state index is 14.0. The highest BCUT2D eigenvalue weighted by atomic mass is 16.5. The quantitative estimate of drug-likeness (QED) is 0.108. The molecule has 0 unspecified atom stereocenters. The van der Waals surface area contributed by atoms with E-state index in [0.717, 1.165) is 38.5 Å². The van der Waals surface area contributed by atoms with Gasteiger partial charge >= 0.3 is 5.97 Å². The second kappa shape index (κ2) is 14.0. The molecule has 3 heterocycles. The first-order valence-corrected chi connectivity index (χ1v) is 15.1. The van der Waals surface area contributed by atoms with E-state index in [1.807, 2.05) is 91.3 Å². The third kappa shape index (κ3) is 7.16. The van der Waals surface area contributed by atoms with Crippen molar-refractivity contribution in [3.05, 3.63) is 126 Å². The summed E-state index contributed by atoms with van der Waals surface area (Å²) < 4.78 is 5.59. The number of nitrogens with zero attached hydrogens (tertiary/aromatic N) is 1. The molecule has 0 aliphatic heterocycles. The number of hydrogen-bond acceptors (Lipinski definition) is 6. The molecule has 11 heteroatoms. The lowest BCUT2D eigenvalue weighted by Gasteiger charge is -2.24. The molecule has 6 aromatic rings. The van der Waals surface area contributed by atoms with E-state index in [1.165, 1.54) is 6.33 Å². The number of rotatable bonds is 13. The summed E-state index contributed by atoms with van der Waals surface area (Å²) in [5.74, 6) is -1.64. The first-order valence-electron chi connectivity index (χ1n) is 15.1. The summed E-state index contributed by atoms with van der Waals surface area (Å²) in [6, 6.07) is 21.8. The highest BCUT2D eigenvalue weighted by molar-refractivity contribution is 5.93. The lowest BCUT2D eigenvalue weighted by atomic mass is 10.0. The number of esters is 1. The van der Waals surface area contributed by atoms with E-state index in [2.05, 4.69) is 30.6 Å². The number of ether oxygens (including phenoxy) is 1. The number of fused-ring (bicyclic) bond motifs is 2. The highest BCUT2D eigenvalue weighted by Crippen LogP contribution is 2.21.